The van der Waals surface area contributed by atoms with Gasteiger partial charge in [-0.1, -0.05) is 23.7 Å². The van der Waals surface area contributed by atoms with Crippen LogP contribution < -0.4 is 11.1 Å². The second-order valence-electron chi connectivity index (χ2n) is 5.36. The fraction of sp³-hybridized carbons (Fsp3) is 0.176. The first-order chi connectivity index (χ1) is 11.0. The fourth-order valence-electron chi connectivity index (χ4n) is 2.31. The first kappa shape index (κ1) is 15.4. The second kappa shape index (κ2) is 6.30. The van der Waals surface area contributed by atoms with E-state index in [9.17, 15) is 9.59 Å². The van der Waals surface area contributed by atoms with E-state index >= 15 is 0 Å². The molecule has 6 heteroatoms. The van der Waals surface area contributed by atoms with Crippen LogP contribution in [0.1, 0.15) is 17.5 Å². The van der Waals surface area contributed by atoms with Crippen molar-refractivity contribution in [3.63, 3.8) is 0 Å². The highest BCUT2D eigenvalue weighted by Crippen LogP contribution is 2.20. The molecular weight excluding hydrogens is 316 g/mol. The Kier molecular flexibility index (Phi) is 4.21. The summed E-state index contributed by atoms with van der Waals surface area (Å²) < 4.78 is 4.95. The molecule has 2 N–H and O–H groups in total. The van der Waals surface area contributed by atoms with Crippen LogP contribution in [0.5, 0.6) is 0 Å². The molecule has 23 heavy (non-hydrogen) atoms. The first-order valence-corrected chi connectivity index (χ1v) is 7.57. The van der Waals surface area contributed by atoms with Crippen LogP contribution in [0.15, 0.2) is 45.6 Å². The molecule has 0 saturated heterocycles. The van der Waals surface area contributed by atoms with Gasteiger partial charge in [0, 0.05) is 17.1 Å². The number of anilines is 1. The minimum Gasteiger partial charge on any atom is -0.408 e. The van der Waals surface area contributed by atoms with Gasteiger partial charge < -0.3 is 9.73 Å². The summed E-state index contributed by atoms with van der Waals surface area (Å²) in [5.41, 5.74) is 3.75. The van der Waals surface area contributed by atoms with Gasteiger partial charge in [-0.3, -0.25) is 9.78 Å². The van der Waals surface area contributed by atoms with E-state index in [0.717, 1.165) is 11.1 Å². The summed E-state index contributed by atoms with van der Waals surface area (Å²) in [4.78, 5) is 25.7. The Morgan fingerprint density at radius 1 is 1.26 bits per heavy atom. The molecule has 0 radical (unpaired) electrons. The van der Waals surface area contributed by atoms with E-state index in [2.05, 4.69) is 10.3 Å². The molecule has 1 heterocycles. The molecule has 0 unspecified atom stereocenters. The van der Waals surface area contributed by atoms with Crippen LogP contribution in [0.4, 0.5) is 5.69 Å². The molecule has 0 aliphatic carbocycles. The number of oxazole rings is 1. The molecule has 3 rings (SSSR count). The number of fused-ring (bicyclic) bond motifs is 1. The fourth-order valence-corrected chi connectivity index (χ4v) is 2.49. The molecule has 0 bridgehead atoms. The number of amides is 1. The van der Waals surface area contributed by atoms with Crippen molar-refractivity contribution < 1.29 is 9.21 Å². The molecule has 3 aromatic rings. The smallest absolute Gasteiger partial charge is 0.408 e. The Balaban J connectivity index is 1.63. The van der Waals surface area contributed by atoms with Crippen LogP contribution in [0, 0.1) is 6.92 Å². The van der Waals surface area contributed by atoms with E-state index in [-0.39, 0.29) is 5.91 Å². The highest BCUT2D eigenvalue weighted by molar-refractivity contribution is 6.31. The van der Waals surface area contributed by atoms with Gasteiger partial charge in [-0.15, -0.1) is 0 Å². The predicted molar refractivity (Wildman–Crippen MR) is 90.0 cm³/mol. The van der Waals surface area contributed by atoms with Gasteiger partial charge in [-0.25, -0.2) is 4.79 Å². The van der Waals surface area contributed by atoms with E-state index in [1.807, 2.05) is 31.2 Å². The highest BCUT2D eigenvalue weighted by atomic mass is 35.5. The van der Waals surface area contributed by atoms with Gasteiger partial charge in [0.2, 0.25) is 5.91 Å². The van der Waals surface area contributed by atoms with Crippen LogP contribution in [0.3, 0.4) is 0 Å². The average Bonchev–Trinajstić information content (AvgIpc) is 2.88. The predicted octanol–water partition coefficient (Wildman–Crippen LogP) is 3.65. The zero-order valence-corrected chi connectivity index (χ0v) is 13.2. The number of rotatable bonds is 4. The molecule has 0 saturated carbocycles. The Bertz CT molecular complexity index is 927. The van der Waals surface area contributed by atoms with Crippen molar-refractivity contribution in [3.8, 4) is 0 Å². The zero-order valence-electron chi connectivity index (χ0n) is 12.5. The number of nitrogens with one attached hydrogen (secondary N) is 2. The van der Waals surface area contributed by atoms with Crippen molar-refractivity contribution in [2.45, 2.75) is 19.8 Å². The summed E-state index contributed by atoms with van der Waals surface area (Å²) in [6.45, 7) is 1.91. The molecule has 1 amide bonds. The summed E-state index contributed by atoms with van der Waals surface area (Å²) >= 11 is 6.04. The minimum atomic E-state index is -0.480. The maximum Gasteiger partial charge on any atom is 0.417 e. The monoisotopic (exact) mass is 330 g/mol. The normalized spacial score (nSPS) is 10.9. The highest BCUT2D eigenvalue weighted by Gasteiger charge is 2.07. The van der Waals surface area contributed by atoms with E-state index in [0.29, 0.717) is 34.7 Å². The lowest BCUT2D eigenvalue weighted by molar-refractivity contribution is -0.116. The molecular formula is C17H15ClN2O3. The van der Waals surface area contributed by atoms with Crippen molar-refractivity contribution in [1.29, 1.82) is 0 Å². The second-order valence-corrected chi connectivity index (χ2v) is 5.76. The first-order valence-electron chi connectivity index (χ1n) is 7.19. The molecule has 1 aromatic heterocycles. The van der Waals surface area contributed by atoms with Gasteiger partial charge in [-0.05, 0) is 48.7 Å². The zero-order chi connectivity index (χ0) is 16.4. The summed E-state index contributed by atoms with van der Waals surface area (Å²) in [6.07, 6.45) is 0.896. The van der Waals surface area contributed by atoms with E-state index in [4.69, 9.17) is 16.0 Å². The third kappa shape index (κ3) is 3.63. The Morgan fingerprint density at radius 2 is 2.09 bits per heavy atom. The van der Waals surface area contributed by atoms with Gasteiger partial charge in [0.15, 0.2) is 5.58 Å². The van der Waals surface area contributed by atoms with Crippen molar-refractivity contribution in [1.82, 2.24) is 4.98 Å². The molecule has 0 aliphatic heterocycles. The van der Waals surface area contributed by atoms with Crippen LogP contribution in [0.2, 0.25) is 5.02 Å². The lowest BCUT2D eigenvalue weighted by Crippen LogP contribution is -2.12. The molecule has 2 aromatic carbocycles. The number of H-pyrrole nitrogens is 1. The Morgan fingerprint density at radius 3 is 2.87 bits per heavy atom. The average molecular weight is 331 g/mol. The molecule has 118 valence electrons. The van der Waals surface area contributed by atoms with Crippen LogP contribution >= 0.6 is 11.6 Å². The number of benzene rings is 2. The standard InChI is InChI=1S/C17H15ClN2O3/c1-10-2-5-12(9-13(10)18)19-16(21)7-4-11-3-6-15-14(8-11)20-17(22)23-15/h2-3,5-6,8-9H,4,7H2,1H3,(H,19,21)(H,20,22). The number of hydrogen-bond acceptors (Lipinski definition) is 3. The number of carbonyl (C=O) groups is 1. The largest absolute Gasteiger partial charge is 0.417 e. The number of hydrogen-bond donors (Lipinski definition) is 2. The van der Waals surface area contributed by atoms with E-state index in [1.54, 1.807) is 12.1 Å². The number of aryl methyl sites for hydroxylation is 2. The third-order valence-electron chi connectivity index (χ3n) is 3.58. The Hall–Kier alpha value is -2.53. The van der Waals surface area contributed by atoms with E-state index < -0.39 is 5.76 Å². The van der Waals surface area contributed by atoms with E-state index in [1.165, 1.54) is 0 Å². The maximum atomic E-state index is 12.0. The molecule has 0 atom stereocenters. The van der Waals surface area contributed by atoms with Crippen LogP contribution in [-0.2, 0) is 11.2 Å². The number of halogens is 1. The number of aromatic amines is 1. The van der Waals surface area contributed by atoms with Gasteiger partial charge in [0.1, 0.15) is 0 Å². The summed E-state index contributed by atoms with van der Waals surface area (Å²) in [5, 5.41) is 3.44. The van der Waals surface area contributed by atoms with Crippen molar-refractivity contribution in [2.24, 2.45) is 0 Å². The van der Waals surface area contributed by atoms with Crippen molar-refractivity contribution in [3.05, 3.63) is 63.1 Å². The summed E-state index contributed by atoms with van der Waals surface area (Å²) in [7, 11) is 0. The number of carbonyl (C=O) groups excluding carboxylic acids is 1. The summed E-state index contributed by atoms with van der Waals surface area (Å²) in [6, 6.07) is 10.8. The lowest BCUT2D eigenvalue weighted by atomic mass is 10.1. The maximum absolute atomic E-state index is 12.0. The quantitative estimate of drug-likeness (QED) is 0.766. The third-order valence-corrected chi connectivity index (χ3v) is 3.99. The van der Waals surface area contributed by atoms with Gasteiger partial charge >= 0.3 is 5.76 Å². The lowest BCUT2D eigenvalue weighted by Gasteiger charge is -2.07. The van der Waals surface area contributed by atoms with Gasteiger partial charge in [0.05, 0.1) is 5.52 Å². The minimum absolute atomic E-state index is 0.0919. The van der Waals surface area contributed by atoms with Crippen molar-refractivity contribution >= 4 is 34.3 Å². The number of aromatic nitrogens is 1. The molecule has 0 aliphatic rings. The van der Waals surface area contributed by atoms with Crippen molar-refractivity contribution in [2.75, 3.05) is 5.32 Å². The summed E-state index contributed by atoms with van der Waals surface area (Å²) in [5.74, 6) is -0.572. The van der Waals surface area contributed by atoms with Gasteiger partial charge in [-0.2, -0.15) is 0 Å². The van der Waals surface area contributed by atoms with Gasteiger partial charge in [0.25, 0.3) is 0 Å². The molecule has 0 fully saturated rings. The topological polar surface area (TPSA) is 75.1 Å². The van der Waals surface area contributed by atoms with Crippen LogP contribution in [0.25, 0.3) is 11.1 Å². The SMILES string of the molecule is Cc1ccc(NC(=O)CCc2ccc3oc(=O)[nH]c3c2)cc1Cl. The molecule has 5 nitrogen and oxygen atoms in total. The van der Waals surface area contributed by atoms with Crippen LogP contribution in [-0.4, -0.2) is 10.9 Å². The molecule has 0 spiro atoms. The Labute approximate surface area is 137 Å².